The van der Waals surface area contributed by atoms with E-state index in [1.54, 1.807) is 0 Å². The molecular weight excluding hydrogens is 112 g/mol. The molecule has 0 fully saturated rings. The molecule has 0 saturated carbocycles. The normalized spacial score (nSPS) is 13.8. The standard InChI is InChI=1S/C8H16O/c1-4-8(6-9)5-7(2)3/h4,7-9H,1,5-6H2,2-3H3/t8-/m1/s1. The predicted molar refractivity (Wildman–Crippen MR) is 40.2 cm³/mol. The Morgan fingerprint density at radius 1 is 1.56 bits per heavy atom. The van der Waals surface area contributed by atoms with E-state index in [1.807, 2.05) is 6.08 Å². The molecule has 0 bridgehead atoms. The van der Waals surface area contributed by atoms with Gasteiger partial charge in [-0.2, -0.15) is 0 Å². The van der Waals surface area contributed by atoms with Crippen molar-refractivity contribution >= 4 is 0 Å². The molecule has 1 heteroatoms. The van der Waals surface area contributed by atoms with E-state index in [1.165, 1.54) is 0 Å². The lowest BCUT2D eigenvalue weighted by Crippen LogP contribution is -2.05. The van der Waals surface area contributed by atoms with Gasteiger partial charge in [-0.25, -0.2) is 0 Å². The Morgan fingerprint density at radius 3 is 2.22 bits per heavy atom. The van der Waals surface area contributed by atoms with Gasteiger partial charge in [-0.15, -0.1) is 6.58 Å². The highest BCUT2D eigenvalue weighted by Crippen LogP contribution is 2.10. The summed E-state index contributed by atoms with van der Waals surface area (Å²) in [5.74, 6) is 0.949. The first-order valence-electron chi connectivity index (χ1n) is 3.44. The zero-order chi connectivity index (χ0) is 7.28. The van der Waals surface area contributed by atoms with Gasteiger partial charge in [0.05, 0.1) is 0 Å². The third-order valence-corrected chi connectivity index (χ3v) is 1.34. The first-order chi connectivity index (χ1) is 4.20. The van der Waals surface area contributed by atoms with Gasteiger partial charge < -0.3 is 5.11 Å². The van der Waals surface area contributed by atoms with Crippen LogP contribution in [0.25, 0.3) is 0 Å². The van der Waals surface area contributed by atoms with E-state index in [0.717, 1.165) is 6.42 Å². The van der Waals surface area contributed by atoms with Crippen LogP contribution in [0, 0.1) is 11.8 Å². The van der Waals surface area contributed by atoms with Crippen LogP contribution in [0.5, 0.6) is 0 Å². The Labute approximate surface area is 57.4 Å². The molecule has 1 N–H and O–H groups in total. The SMILES string of the molecule is C=C[C@@H](CO)CC(C)C. The molecule has 1 atom stereocenters. The molecule has 9 heavy (non-hydrogen) atoms. The summed E-state index contributed by atoms with van der Waals surface area (Å²) in [7, 11) is 0. The average molecular weight is 128 g/mol. The molecule has 0 radical (unpaired) electrons. The first kappa shape index (κ1) is 8.70. The highest BCUT2D eigenvalue weighted by Gasteiger charge is 2.03. The second-order valence-corrected chi connectivity index (χ2v) is 2.81. The molecule has 0 unspecified atom stereocenters. The van der Waals surface area contributed by atoms with Crippen molar-refractivity contribution in [1.29, 1.82) is 0 Å². The van der Waals surface area contributed by atoms with Gasteiger partial charge in [0.1, 0.15) is 0 Å². The topological polar surface area (TPSA) is 20.2 Å². The van der Waals surface area contributed by atoms with Crippen LogP contribution in [0.2, 0.25) is 0 Å². The molecule has 54 valence electrons. The lowest BCUT2D eigenvalue weighted by molar-refractivity contribution is 0.235. The van der Waals surface area contributed by atoms with Crippen molar-refractivity contribution in [3.8, 4) is 0 Å². The smallest absolute Gasteiger partial charge is 0.0493 e. The highest BCUT2D eigenvalue weighted by atomic mass is 16.3. The highest BCUT2D eigenvalue weighted by molar-refractivity contribution is 4.78. The first-order valence-corrected chi connectivity index (χ1v) is 3.44. The van der Waals surface area contributed by atoms with Crippen molar-refractivity contribution in [3.63, 3.8) is 0 Å². The fourth-order valence-corrected chi connectivity index (χ4v) is 0.851. The number of rotatable bonds is 4. The van der Waals surface area contributed by atoms with Crippen molar-refractivity contribution < 1.29 is 5.11 Å². The average Bonchev–Trinajstić information content (AvgIpc) is 1.82. The Hall–Kier alpha value is -0.300. The maximum atomic E-state index is 8.70. The second kappa shape index (κ2) is 4.57. The van der Waals surface area contributed by atoms with Crippen LogP contribution in [-0.4, -0.2) is 11.7 Å². The quantitative estimate of drug-likeness (QED) is 0.573. The van der Waals surface area contributed by atoms with Crippen molar-refractivity contribution in [2.45, 2.75) is 20.3 Å². The van der Waals surface area contributed by atoms with Gasteiger partial charge in [-0.1, -0.05) is 19.9 Å². The molecule has 0 aromatic carbocycles. The summed E-state index contributed by atoms with van der Waals surface area (Å²) in [4.78, 5) is 0. The second-order valence-electron chi connectivity index (χ2n) is 2.81. The largest absolute Gasteiger partial charge is 0.396 e. The van der Waals surface area contributed by atoms with Gasteiger partial charge >= 0.3 is 0 Å². The maximum absolute atomic E-state index is 8.70. The van der Waals surface area contributed by atoms with Crippen LogP contribution < -0.4 is 0 Å². The third-order valence-electron chi connectivity index (χ3n) is 1.34. The van der Waals surface area contributed by atoms with Crippen LogP contribution in [-0.2, 0) is 0 Å². The van der Waals surface area contributed by atoms with Crippen LogP contribution in [0.3, 0.4) is 0 Å². The van der Waals surface area contributed by atoms with E-state index in [2.05, 4.69) is 20.4 Å². The molecule has 0 aromatic heterocycles. The van der Waals surface area contributed by atoms with Crippen LogP contribution in [0.4, 0.5) is 0 Å². The summed E-state index contributed by atoms with van der Waals surface area (Å²) < 4.78 is 0. The summed E-state index contributed by atoms with van der Waals surface area (Å²) in [6.07, 6.45) is 2.86. The molecule has 0 aromatic rings. The van der Waals surface area contributed by atoms with Crippen molar-refractivity contribution in [1.82, 2.24) is 0 Å². The molecule has 0 aliphatic carbocycles. The summed E-state index contributed by atoms with van der Waals surface area (Å²) in [6.45, 7) is 8.15. The lowest BCUT2D eigenvalue weighted by atomic mass is 9.98. The predicted octanol–water partition coefficient (Wildman–Crippen LogP) is 1.83. The summed E-state index contributed by atoms with van der Waals surface area (Å²) in [6, 6.07) is 0. The van der Waals surface area contributed by atoms with E-state index in [9.17, 15) is 0 Å². The Balaban J connectivity index is 3.42. The number of aliphatic hydroxyl groups excluding tert-OH is 1. The molecule has 0 amide bonds. The molecule has 0 aliphatic heterocycles. The monoisotopic (exact) mass is 128 g/mol. The molecule has 0 heterocycles. The summed E-state index contributed by atoms with van der Waals surface area (Å²) in [5.41, 5.74) is 0. The van der Waals surface area contributed by atoms with Crippen LogP contribution in [0.1, 0.15) is 20.3 Å². The van der Waals surface area contributed by atoms with Crippen molar-refractivity contribution in [2.75, 3.05) is 6.61 Å². The van der Waals surface area contributed by atoms with E-state index < -0.39 is 0 Å². The minimum atomic E-state index is 0.238. The lowest BCUT2D eigenvalue weighted by Gasteiger charge is -2.10. The Bertz CT molecular complexity index is 76.6. The van der Waals surface area contributed by atoms with Crippen LogP contribution >= 0.6 is 0 Å². The van der Waals surface area contributed by atoms with Gasteiger partial charge in [-0.05, 0) is 18.3 Å². The van der Waals surface area contributed by atoms with Gasteiger partial charge in [-0.3, -0.25) is 0 Å². The van der Waals surface area contributed by atoms with E-state index in [0.29, 0.717) is 11.8 Å². The number of hydrogen-bond donors (Lipinski definition) is 1. The zero-order valence-corrected chi connectivity index (χ0v) is 6.30. The van der Waals surface area contributed by atoms with Gasteiger partial charge in [0.2, 0.25) is 0 Å². The molecule has 0 spiro atoms. The minimum absolute atomic E-state index is 0.238. The number of aliphatic hydroxyl groups is 1. The van der Waals surface area contributed by atoms with Crippen molar-refractivity contribution in [2.24, 2.45) is 11.8 Å². The summed E-state index contributed by atoms with van der Waals surface area (Å²) >= 11 is 0. The van der Waals surface area contributed by atoms with E-state index in [4.69, 9.17) is 5.11 Å². The minimum Gasteiger partial charge on any atom is -0.396 e. The van der Waals surface area contributed by atoms with E-state index in [-0.39, 0.29) is 6.61 Å². The number of hydrogen-bond acceptors (Lipinski definition) is 1. The Morgan fingerprint density at radius 2 is 2.11 bits per heavy atom. The zero-order valence-electron chi connectivity index (χ0n) is 6.30. The molecule has 0 rings (SSSR count). The Kier molecular flexibility index (Phi) is 4.41. The fraction of sp³-hybridized carbons (Fsp3) is 0.750. The van der Waals surface area contributed by atoms with Gasteiger partial charge in [0.25, 0.3) is 0 Å². The van der Waals surface area contributed by atoms with E-state index >= 15 is 0 Å². The fourth-order valence-electron chi connectivity index (χ4n) is 0.851. The molecule has 1 nitrogen and oxygen atoms in total. The molecule has 0 aliphatic rings. The van der Waals surface area contributed by atoms with Gasteiger partial charge in [0, 0.05) is 6.61 Å². The third kappa shape index (κ3) is 4.22. The van der Waals surface area contributed by atoms with Crippen molar-refractivity contribution in [3.05, 3.63) is 12.7 Å². The van der Waals surface area contributed by atoms with Gasteiger partial charge in [0.15, 0.2) is 0 Å². The van der Waals surface area contributed by atoms with Crippen LogP contribution in [0.15, 0.2) is 12.7 Å². The summed E-state index contributed by atoms with van der Waals surface area (Å²) in [5, 5.41) is 8.70. The maximum Gasteiger partial charge on any atom is 0.0493 e. The molecule has 0 saturated heterocycles. The molecular formula is C8H16O.